The van der Waals surface area contributed by atoms with Crippen molar-refractivity contribution in [3.8, 4) is 17.2 Å². The minimum atomic E-state index is -3.27. The molecule has 0 amide bonds. The molecular formula is C21H28O4. The Hall–Kier alpha value is -2.20. The van der Waals surface area contributed by atoms with Crippen molar-refractivity contribution in [3.05, 3.63) is 53.4 Å². The first-order valence-corrected chi connectivity index (χ1v) is 7.36. The van der Waals surface area contributed by atoms with Crippen LogP contribution in [0.4, 0.5) is 0 Å². The van der Waals surface area contributed by atoms with Gasteiger partial charge in [-0.2, -0.15) is 0 Å². The van der Waals surface area contributed by atoms with Crippen LogP contribution < -0.4 is 14.2 Å². The lowest BCUT2D eigenvalue weighted by Gasteiger charge is -2.13. The largest absolute Gasteiger partial charge is 0.493 e. The summed E-state index contributed by atoms with van der Waals surface area (Å²) < 4.78 is 134. The van der Waals surface area contributed by atoms with Gasteiger partial charge in [-0.1, -0.05) is 24.5 Å². The first kappa shape index (κ1) is 7.20. The molecule has 1 atom stereocenters. The number of rotatable bonds is 10. The van der Waals surface area contributed by atoms with E-state index in [0.717, 1.165) is 7.11 Å². The Labute approximate surface area is 171 Å². The molecule has 25 heavy (non-hydrogen) atoms. The first-order valence-electron chi connectivity index (χ1n) is 14.9. The highest BCUT2D eigenvalue weighted by molar-refractivity contribution is 5.42. The van der Waals surface area contributed by atoms with Crippen molar-refractivity contribution in [2.75, 3.05) is 20.7 Å². The second-order valence-electron chi connectivity index (χ2n) is 4.85. The minimum absolute atomic E-state index is 0.0824. The van der Waals surface area contributed by atoms with Crippen LogP contribution in [-0.2, 0) is 6.37 Å². The second kappa shape index (κ2) is 9.94. The maximum Gasteiger partial charge on any atom is 0.160 e. The molecule has 0 fully saturated rings. The smallest absolute Gasteiger partial charge is 0.160 e. The van der Waals surface area contributed by atoms with Gasteiger partial charge in [0.2, 0.25) is 0 Å². The summed E-state index contributed by atoms with van der Waals surface area (Å²) in [6.45, 7) is -1.99. The molecule has 1 N–H and O–H groups in total. The number of aliphatic hydroxyl groups is 1. The summed E-state index contributed by atoms with van der Waals surface area (Å²) in [5.41, 5.74) is -0.794. The van der Waals surface area contributed by atoms with E-state index in [0.29, 0.717) is 0 Å². The van der Waals surface area contributed by atoms with E-state index in [-0.39, 0.29) is 5.56 Å². The number of hydrogen-bond acceptors (Lipinski definition) is 4. The molecule has 0 saturated carbocycles. The Morgan fingerprint density at radius 3 is 2.88 bits per heavy atom. The zero-order chi connectivity index (χ0) is 31.2. The summed E-state index contributed by atoms with van der Waals surface area (Å²) >= 11 is 0. The normalized spacial score (nSPS) is 23.4. The zero-order valence-corrected chi connectivity index (χ0v) is 13.8. The fraction of sp³-hybridized carbons (Fsp3) is 0.429. The molecule has 0 aliphatic rings. The minimum Gasteiger partial charge on any atom is -0.493 e. The molecule has 2 aromatic carbocycles. The van der Waals surface area contributed by atoms with Crippen LogP contribution >= 0.6 is 0 Å². The van der Waals surface area contributed by atoms with Gasteiger partial charge < -0.3 is 19.3 Å². The van der Waals surface area contributed by atoms with Gasteiger partial charge in [0.25, 0.3) is 0 Å². The Kier molecular flexibility index (Phi) is 2.86. The number of ether oxygens (including phenoxy) is 3. The quantitative estimate of drug-likeness (QED) is 0.692. The number of hydrogen-bond donors (Lipinski definition) is 1. The number of methoxy groups -OCH3 is 2. The fourth-order valence-corrected chi connectivity index (χ4v) is 1.78. The molecule has 2 aromatic rings. The maximum absolute atomic E-state index is 10.6. The van der Waals surface area contributed by atoms with Gasteiger partial charge >= 0.3 is 0 Å². The summed E-state index contributed by atoms with van der Waals surface area (Å²) in [4.78, 5) is 0. The van der Waals surface area contributed by atoms with Gasteiger partial charge in [0, 0.05) is 2.74 Å². The molecule has 0 aromatic heterocycles. The third-order valence-electron chi connectivity index (χ3n) is 2.94. The molecule has 4 nitrogen and oxygen atoms in total. The Balaban J connectivity index is 2.35. The van der Waals surface area contributed by atoms with Gasteiger partial charge in [-0.25, -0.2) is 0 Å². The maximum atomic E-state index is 10.6. The third kappa shape index (κ3) is 6.31. The van der Waals surface area contributed by atoms with Crippen LogP contribution in [0.5, 0.6) is 17.2 Å². The highest BCUT2D eigenvalue weighted by atomic mass is 16.5. The van der Waals surface area contributed by atoms with Crippen molar-refractivity contribution in [1.82, 2.24) is 0 Å². The van der Waals surface area contributed by atoms with Gasteiger partial charge in [0.15, 0.2) is 11.5 Å². The highest BCUT2D eigenvalue weighted by Crippen LogP contribution is 2.28. The average molecular weight is 360 g/mol. The van der Waals surface area contributed by atoms with E-state index in [4.69, 9.17) is 34.8 Å². The Bertz CT molecular complexity index is 1250. The van der Waals surface area contributed by atoms with E-state index in [1.807, 2.05) is 0 Å². The van der Waals surface area contributed by atoms with Crippen LogP contribution in [-0.4, -0.2) is 31.9 Å². The van der Waals surface area contributed by atoms with Crippen LogP contribution in [0.25, 0.3) is 0 Å². The lowest BCUT2D eigenvalue weighted by molar-refractivity contribution is 0.0976. The number of benzene rings is 2. The van der Waals surface area contributed by atoms with Crippen molar-refractivity contribution >= 4 is 0 Å². The van der Waals surface area contributed by atoms with Gasteiger partial charge in [-0.05, 0) is 61.4 Å². The molecule has 0 spiro atoms. The first-order chi connectivity index (χ1) is 18.0. The Morgan fingerprint density at radius 1 is 1.20 bits per heavy atom. The average Bonchev–Trinajstić information content (AvgIpc) is 2.81. The fourth-order valence-electron chi connectivity index (χ4n) is 1.78. The van der Waals surface area contributed by atoms with E-state index in [2.05, 4.69) is 0 Å². The second-order valence-corrected chi connectivity index (χ2v) is 4.85. The lowest BCUT2D eigenvalue weighted by atomic mass is 10.0. The van der Waals surface area contributed by atoms with Crippen molar-refractivity contribution in [3.63, 3.8) is 0 Å². The SMILES string of the molecule is [2H]c1c([2H])c(C)c([2H])c(OC([2H])([2H])C([2H])(O)CCCC([2H])([2H])c2c([2H])c([2H])c(OC)c(OC([2H])([2H])[2H])c2[2H])c1[2H]. The summed E-state index contributed by atoms with van der Waals surface area (Å²) in [6.07, 6.45) is -7.55. The topological polar surface area (TPSA) is 47.9 Å². The standard InChI is InChI=1S/C21H28O4/c1-16-7-6-10-19(13-16)25-15-18(22)9-5-4-8-17-11-12-20(23-2)21(14-17)24-3/h6-7,10-14,18,22H,4-5,8-9,15H2,1-3H3/i3D3,6D,7D,8D2,10D,11D,12D,13D,14D,15D2,18D. The van der Waals surface area contributed by atoms with Crippen molar-refractivity contribution in [2.24, 2.45) is 0 Å². The van der Waals surface area contributed by atoms with Gasteiger partial charge in [-0.15, -0.1) is 0 Å². The van der Waals surface area contributed by atoms with Crippen molar-refractivity contribution in [2.45, 2.75) is 38.6 Å². The lowest BCUT2D eigenvalue weighted by Crippen LogP contribution is -2.17. The van der Waals surface area contributed by atoms with Crippen LogP contribution in [0.1, 0.15) is 51.0 Å². The van der Waals surface area contributed by atoms with Crippen LogP contribution in [0.3, 0.4) is 0 Å². The van der Waals surface area contributed by atoms with Gasteiger partial charge in [0.1, 0.15) is 12.3 Å². The van der Waals surface area contributed by atoms with E-state index >= 15 is 0 Å². The monoisotopic (exact) mass is 359 g/mol. The molecule has 0 saturated heterocycles. The summed E-state index contributed by atoms with van der Waals surface area (Å²) in [5.74, 6) is -2.09. The molecule has 0 aliphatic carbocycles. The predicted octanol–water partition coefficient (Wildman–Crippen LogP) is 4.16. The van der Waals surface area contributed by atoms with E-state index in [9.17, 15) is 5.11 Å². The molecule has 1 unspecified atom stereocenters. The highest BCUT2D eigenvalue weighted by Gasteiger charge is 2.07. The van der Waals surface area contributed by atoms with Crippen molar-refractivity contribution in [1.29, 1.82) is 0 Å². The molecule has 136 valence electrons. The molecule has 4 heteroatoms. The zero-order valence-electron chi connectivity index (χ0n) is 28.8. The van der Waals surface area contributed by atoms with E-state index in [1.54, 1.807) is 0 Å². The molecule has 0 aliphatic heterocycles. The molecular weight excluding hydrogens is 316 g/mol. The molecule has 2 rings (SSSR count). The van der Waals surface area contributed by atoms with E-state index in [1.165, 1.54) is 6.92 Å². The van der Waals surface area contributed by atoms with Crippen molar-refractivity contribution < 1.29 is 39.9 Å². The van der Waals surface area contributed by atoms with Gasteiger partial charge in [-0.3, -0.25) is 0 Å². The summed E-state index contributed by atoms with van der Waals surface area (Å²) in [5, 5.41) is 10.6. The summed E-state index contributed by atoms with van der Waals surface area (Å²) in [6, 6.07) is -4.82. The predicted molar refractivity (Wildman–Crippen MR) is 99.8 cm³/mol. The van der Waals surface area contributed by atoms with Crippen LogP contribution in [0.2, 0.25) is 0 Å². The third-order valence-corrected chi connectivity index (χ3v) is 2.94. The molecule has 0 bridgehead atoms. The van der Waals surface area contributed by atoms with Crippen LogP contribution in [0, 0.1) is 6.92 Å². The summed E-state index contributed by atoms with van der Waals surface area (Å²) in [7, 11) is -2.03. The van der Waals surface area contributed by atoms with E-state index < -0.39 is 110 Å². The molecule has 0 radical (unpaired) electrons. The molecule has 0 heterocycles. The Morgan fingerprint density at radius 2 is 2.08 bits per heavy atom. The van der Waals surface area contributed by atoms with Gasteiger partial charge in [0.05, 0.1) is 38.0 Å². The van der Waals surface area contributed by atoms with Crippen LogP contribution in [0.15, 0.2) is 42.3 Å².